The van der Waals surface area contributed by atoms with Gasteiger partial charge in [-0.15, -0.1) is 0 Å². The van der Waals surface area contributed by atoms with Crippen molar-refractivity contribution in [2.45, 2.75) is 13.3 Å². The van der Waals surface area contributed by atoms with Gasteiger partial charge in [0.2, 0.25) is 10.0 Å². The highest BCUT2D eigenvalue weighted by Crippen LogP contribution is 2.22. The zero-order valence-corrected chi connectivity index (χ0v) is 18.2. The molecule has 1 aliphatic heterocycles. The Morgan fingerprint density at radius 3 is 2.57 bits per heavy atom. The Bertz CT molecular complexity index is 746. The van der Waals surface area contributed by atoms with Gasteiger partial charge in [0, 0.05) is 64.6 Å². The van der Waals surface area contributed by atoms with Gasteiger partial charge in [-0.25, -0.2) is 12.7 Å². The van der Waals surface area contributed by atoms with E-state index in [1.807, 2.05) is 19.1 Å². The van der Waals surface area contributed by atoms with E-state index >= 15 is 0 Å². The normalized spacial score (nSPS) is 15.8. The summed E-state index contributed by atoms with van der Waals surface area (Å²) in [4.78, 5) is 8.97. The second-order valence-corrected chi connectivity index (χ2v) is 8.74. The number of ether oxygens (including phenoxy) is 1. The first-order valence-electron chi connectivity index (χ1n) is 9.68. The Morgan fingerprint density at radius 2 is 2.00 bits per heavy atom. The van der Waals surface area contributed by atoms with E-state index in [1.165, 1.54) is 16.2 Å². The molecule has 0 unspecified atom stereocenters. The minimum absolute atomic E-state index is 0.500. The van der Waals surface area contributed by atoms with Crippen molar-refractivity contribution in [1.29, 1.82) is 0 Å². The van der Waals surface area contributed by atoms with E-state index in [0.717, 1.165) is 44.3 Å². The van der Waals surface area contributed by atoms with Crippen LogP contribution in [-0.2, 0) is 10.0 Å². The van der Waals surface area contributed by atoms with E-state index in [9.17, 15) is 8.42 Å². The highest BCUT2D eigenvalue weighted by Gasteiger charge is 2.20. The maximum absolute atomic E-state index is 11.6. The van der Waals surface area contributed by atoms with Crippen LogP contribution >= 0.6 is 0 Å². The fraction of sp³-hybridized carbons (Fsp3) is 0.632. The number of rotatable bonds is 8. The minimum atomic E-state index is -3.13. The molecule has 1 aromatic carbocycles. The van der Waals surface area contributed by atoms with Crippen molar-refractivity contribution >= 4 is 21.7 Å². The number of hydrogen-bond donors (Lipinski definition) is 1. The lowest BCUT2D eigenvalue weighted by molar-refractivity contribution is 0.369. The van der Waals surface area contributed by atoms with Crippen LogP contribution < -0.4 is 15.0 Å². The number of sulfonamides is 1. The maximum atomic E-state index is 11.6. The number of benzene rings is 1. The molecular formula is C19H33N5O3S. The summed E-state index contributed by atoms with van der Waals surface area (Å²) in [6, 6.07) is 8.13. The lowest BCUT2D eigenvalue weighted by Crippen LogP contribution is -2.52. The lowest BCUT2D eigenvalue weighted by atomic mass is 10.2. The summed E-state index contributed by atoms with van der Waals surface area (Å²) in [6.45, 7) is 7.13. The minimum Gasteiger partial charge on any atom is -0.497 e. The van der Waals surface area contributed by atoms with E-state index in [4.69, 9.17) is 4.74 Å². The quantitative estimate of drug-likeness (QED) is 0.392. The number of nitrogens with one attached hydrogen (secondary N) is 1. The molecule has 0 atom stereocenters. The van der Waals surface area contributed by atoms with Gasteiger partial charge >= 0.3 is 0 Å². The monoisotopic (exact) mass is 411 g/mol. The molecule has 8 nitrogen and oxygen atoms in total. The van der Waals surface area contributed by atoms with Crippen molar-refractivity contribution in [3.8, 4) is 5.75 Å². The third-order valence-corrected chi connectivity index (χ3v) is 6.28. The number of aliphatic imine (C=N–C) groups is 1. The number of guanidine groups is 1. The Balaban J connectivity index is 1.80. The molecule has 28 heavy (non-hydrogen) atoms. The van der Waals surface area contributed by atoms with Gasteiger partial charge < -0.3 is 19.9 Å². The van der Waals surface area contributed by atoms with Crippen LogP contribution in [0.15, 0.2) is 29.3 Å². The van der Waals surface area contributed by atoms with Crippen LogP contribution in [0.2, 0.25) is 0 Å². The highest BCUT2D eigenvalue weighted by atomic mass is 32.2. The van der Waals surface area contributed by atoms with Gasteiger partial charge in [0.1, 0.15) is 5.75 Å². The Kier molecular flexibility index (Phi) is 8.37. The maximum Gasteiger partial charge on any atom is 0.211 e. The van der Waals surface area contributed by atoms with Gasteiger partial charge in [-0.3, -0.25) is 4.99 Å². The van der Waals surface area contributed by atoms with E-state index in [2.05, 4.69) is 32.2 Å². The standard InChI is InChI=1S/C19H33N5O3S/c1-5-24(28(4,25)26)11-7-10-21-19(20-2)23-14-12-22(13-15-23)17-8-6-9-18(16-17)27-3/h6,8-9,16H,5,7,10-15H2,1-4H3,(H,20,21). The molecule has 0 saturated carbocycles. The second-order valence-electron chi connectivity index (χ2n) is 6.76. The number of hydrogen-bond acceptors (Lipinski definition) is 5. The molecular weight excluding hydrogens is 378 g/mol. The first-order valence-corrected chi connectivity index (χ1v) is 11.5. The molecule has 158 valence electrons. The number of nitrogens with zero attached hydrogens (tertiary/aromatic N) is 4. The van der Waals surface area contributed by atoms with Crippen molar-refractivity contribution in [2.75, 3.05) is 71.1 Å². The largest absolute Gasteiger partial charge is 0.497 e. The predicted octanol–water partition coefficient (Wildman–Crippen LogP) is 1.06. The molecule has 2 rings (SSSR count). The Morgan fingerprint density at radius 1 is 1.29 bits per heavy atom. The molecule has 0 aliphatic carbocycles. The fourth-order valence-corrected chi connectivity index (χ4v) is 4.26. The molecule has 0 amide bonds. The van der Waals surface area contributed by atoms with E-state index in [1.54, 1.807) is 14.2 Å². The van der Waals surface area contributed by atoms with E-state index in [0.29, 0.717) is 19.6 Å². The van der Waals surface area contributed by atoms with Crippen LogP contribution in [0.4, 0.5) is 5.69 Å². The third kappa shape index (κ3) is 6.27. The Labute approximate surface area is 169 Å². The molecule has 0 bridgehead atoms. The summed E-state index contributed by atoms with van der Waals surface area (Å²) in [5, 5.41) is 3.36. The zero-order valence-electron chi connectivity index (χ0n) is 17.4. The van der Waals surface area contributed by atoms with Crippen LogP contribution in [0, 0.1) is 0 Å². The summed E-state index contributed by atoms with van der Waals surface area (Å²) in [6.07, 6.45) is 1.99. The first-order chi connectivity index (χ1) is 13.4. The number of piperazine rings is 1. The summed E-state index contributed by atoms with van der Waals surface area (Å²) < 4.78 is 30.1. The summed E-state index contributed by atoms with van der Waals surface area (Å²) in [5.41, 5.74) is 1.17. The van der Waals surface area contributed by atoms with Gasteiger partial charge in [0.15, 0.2) is 5.96 Å². The van der Waals surface area contributed by atoms with Crippen molar-refractivity contribution in [3.05, 3.63) is 24.3 Å². The molecule has 1 fully saturated rings. The van der Waals surface area contributed by atoms with Gasteiger partial charge in [-0.05, 0) is 18.6 Å². The van der Waals surface area contributed by atoms with Crippen LogP contribution in [0.25, 0.3) is 0 Å². The molecule has 0 spiro atoms. The molecule has 1 heterocycles. The molecule has 9 heteroatoms. The van der Waals surface area contributed by atoms with Crippen molar-refractivity contribution in [2.24, 2.45) is 4.99 Å². The van der Waals surface area contributed by atoms with Crippen molar-refractivity contribution in [3.63, 3.8) is 0 Å². The van der Waals surface area contributed by atoms with Crippen molar-refractivity contribution in [1.82, 2.24) is 14.5 Å². The molecule has 1 N–H and O–H groups in total. The Hall–Kier alpha value is -2.00. The molecule has 0 radical (unpaired) electrons. The summed E-state index contributed by atoms with van der Waals surface area (Å²) in [7, 11) is 0.337. The van der Waals surface area contributed by atoms with Crippen molar-refractivity contribution < 1.29 is 13.2 Å². The zero-order chi connectivity index (χ0) is 20.6. The third-order valence-electron chi connectivity index (χ3n) is 4.90. The molecule has 1 saturated heterocycles. The fourth-order valence-electron chi connectivity index (χ4n) is 3.33. The van der Waals surface area contributed by atoms with Crippen LogP contribution in [0.5, 0.6) is 5.75 Å². The highest BCUT2D eigenvalue weighted by molar-refractivity contribution is 7.88. The predicted molar refractivity (Wildman–Crippen MR) is 115 cm³/mol. The van der Waals surface area contributed by atoms with E-state index in [-0.39, 0.29) is 0 Å². The van der Waals surface area contributed by atoms with Gasteiger partial charge in [-0.1, -0.05) is 13.0 Å². The van der Waals surface area contributed by atoms with Gasteiger partial charge in [0.25, 0.3) is 0 Å². The second kappa shape index (κ2) is 10.5. The lowest BCUT2D eigenvalue weighted by Gasteiger charge is -2.37. The first kappa shape index (κ1) is 22.3. The summed E-state index contributed by atoms with van der Waals surface area (Å²) >= 11 is 0. The number of methoxy groups -OCH3 is 1. The average Bonchev–Trinajstić information content (AvgIpc) is 2.70. The average molecular weight is 412 g/mol. The molecule has 1 aromatic rings. The summed E-state index contributed by atoms with van der Waals surface area (Å²) in [5.74, 6) is 1.74. The SMILES string of the molecule is CCN(CCCNC(=NC)N1CCN(c2cccc(OC)c2)CC1)S(C)(=O)=O. The van der Waals surface area contributed by atoms with Gasteiger partial charge in [-0.2, -0.15) is 0 Å². The van der Waals surface area contributed by atoms with Crippen LogP contribution in [0.1, 0.15) is 13.3 Å². The van der Waals surface area contributed by atoms with Crippen LogP contribution in [-0.4, -0.2) is 89.8 Å². The smallest absolute Gasteiger partial charge is 0.211 e. The number of anilines is 1. The molecule has 0 aromatic heterocycles. The van der Waals surface area contributed by atoms with Crippen LogP contribution in [0.3, 0.4) is 0 Å². The topological polar surface area (TPSA) is 77.5 Å². The molecule has 1 aliphatic rings. The van der Waals surface area contributed by atoms with E-state index < -0.39 is 10.0 Å². The van der Waals surface area contributed by atoms with Gasteiger partial charge in [0.05, 0.1) is 13.4 Å².